The van der Waals surface area contributed by atoms with Gasteiger partial charge in [-0.15, -0.1) is 0 Å². The van der Waals surface area contributed by atoms with Crippen molar-refractivity contribution in [3.8, 4) is 34.5 Å². The second-order valence-electron chi connectivity index (χ2n) is 23.6. The summed E-state index contributed by atoms with van der Waals surface area (Å²) in [6, 6.07) is 30.5. The van der Waals surface area contributed by atoms with E-state index in [9.17, 15) is 39.6 Å². The molecule has 96 heavy (non-hydrogen) atoms. The highest BCUT2D eigenvalue weighted by molar-refractivity contribution is 7.91. The normalized spacial score (nSPS) is 14.8. The number of H-pyrrole nitrogens is 3. The summed E-state index contributed by atoms with van der Waals surface area (Å²) in [6.45, 7) is 15.2. The molecule has 514 valence electrons. The van der Waals surface area contributed by atoms with Crippen LogP contribution in [-0.2, 0) is 39.0 Å². The highest BCUT2D eigenvalue weighted by Gasteiger charge is 2.30. The molecule has 23 nitrogen and oxygen atoms in total. The maximum Gasteiger partial charge on any atom is 0.327 e. The largest absolute Gasteiger partial charge is 0.493 e. The third-order valence-corrected chi connectivity index (χ3v) is 19.4. The van der Waals surface area contributed by atoms with Crippen LogP contribution >= 0.6 is 0 Å². The van der Waals surface area contributed by atoms with Gasteiger partial charge in [0.1, 0.15) is 29.5 Å². The second-order valence-corrected chi connectivity index (χ2v) is 30.2. The van der Waals surface area contributed by atoms with Crippen molar-refractivity contribution >= 4 is 73.8 Å². The van der Waals surface area contributed by atoms with E-state index >= 15 is 0 Å². The minimum Gasteiger partial charge on any atom is -0.493 e. The van der Waals surface area contributed by atoms with Gasteiger partial charge in [0.05, 0.1) is 123 Å². The van der Waals surface area contributed by atoms with Crippen molar-refractivity contribution in [3.05, 3.63) is 187 Å². The third-order valence-electron chi connectivity index (χ3n) is 16.7. The molecule has 0 aliphatic carbocycles. The zero-order valence-electron chi connectivity index (χ0n) is 55.7. The number of para-hydroxylation sites is 3. The van der Waals surface area contributed by atoms with Crippen molar-refractivity contribution in [2.75, 3.05) is 104 Å². The monoisotopic (exact) mass is 1380 g/mol. The van der Waals surface area contributed by atoms with E-state index in [1.54, 1.807) is 79.5 Å². The average Bonchev–Trinajstić information content (AvgIpc) is 1.61. The Morgan fingerprint density at radius 2 is 0.917 bits per heavy atom. The number of sulfone groups is 3. The van der Waals surface area contributed by atoms with E-state index in [0.29, 0.717) is 125 Å². The SMILES string of the molecule is C=C(C)c1cccc2c1[nH]c(=O)n2[C@H](CS(C)(=O)=O)c1ccc(OC)c(OCC)c1.CCOc1cc([C@@H](CS(C)(=O)=O)n2c(=O)[nH]c3c(C4=CCOCC4)cccc32)ccc1OC.CCOc1cc([C@@H](CS(C)(=O)=O)n2c(=O)[nH]c3c(C4CCOCC4)cccc32)ccc1OC. The van der Waals surface area contributed by atoms with Crippen LogP contribution in [0.2, 0.25) is 0 Å². The summed E-state index contributed by atoms with van der Waals surface area (Å²) in [5.74, 6) is 2.70. The van der Waals surface area contributed by atoms with Crippen LogP contribution in [0.1, 0.15) is 104 Å². The highest BCUT2D eigenvalue weighted by atomic mass is 32.2. The van der Waals surface area contributed by atoms with Crippen LogP contribution in [0, 0.1) is 0 Å². The molecule has 1 saturated heterocycles. The van der Waals surface area contributed by atoms with E-state index in [2.05, 4.69) is 21.5 Å². The summed E-state index contributed by atoms with van der Waals surface area (Å²) in [5, 5.41) is 0. The Balaban J connectivity index is 0.000000169. The van der Waals surface area contributed by atoms with Gasteiger partial charge in [0.15, 0.2) is 34.5 Å². The van der Waals surface area contributed by atoms with Crippen LogP contribution in [0.5, 0.6) is 34.5 Å². The van der Waals surface area contributed by atoms with Crippen LogP contribution in [0.25, 0.3) is 44.2 Å². The number of allylic oxidation sites excluding steroid dienone is 1. The molecular weight excluding hydrogens is 1290 g/mol. The summed E-state index contributed by atoms with van der Waals surface area (Å²) >= 11 is 0. The molecule has 5 heterocycles. The molecule has 0 radical (unpaired) electrons. The van der Waals surface area contributed by atoms with Crippen LogP contribution in [0.15, 0.2) is 136 Å². The first-order chi connectivity index (χ1) is 45.8. The maximum absolute atomic E-state index is 13.2. The van der Waals surface area contributed by atoms with Crippen molar-refractivity contribution in [1.29, 1.82) is 0 Å². The summed E-state index contributed by atoms with van der Waals surface area (Å²) in [5.41, 5.74) is 9.56. The predicted molar refractivity (Wildman–Crippen MR) is 375 cm³/mol. The number of benzene rings is 6. The molecule has 0 spiro atoms. The topological polar surface area (TPSA) is 290 Å². The van der Waals surface area contributed by atoms with Gasteiger partial charge in [-0.25, -0.2) is 39.6 Å². The fourth-order valence-corrected chi connectivity index (χ4v) is 15.2. The molecule has 3 aromatic heterocycles. The minimum absolute atomic E-state index is 0.223. The lowest BCUT2D eigenvalue weighted by Gasteiger charge is -2.23. The Morgan fingerprint density at radius 1 is 0.521 bits per heavy atom. The van der Waals surface area contributed by atoms with Crippen LogP contribution < -0.4 is 45.5 Å². The minimum atomic E-state index is -3.43. The molecule has 1 fully saturated rings. The summed E-state index contributed by atoms with van der Waals surface area (Å²) < 4.78 is 123. The summed E-state index contributed by atoms with van der Waals surface area (Å²) in [7, 11) is -5.63. The molecule has 6 aromatic carbocycles. The first kappa shape index (κ1) is 71.5. The van der Waals surface area contributed by atoms with E-state index in [-0.39, 0.29) is 40.2 Å². The number of hydrogen-bond acceptors (Lipinski definition) is 17. The Kier molecular flexibility index (Phi) is 23.0. The fourth-order valence-electron chi connectivity index (χ4n) is 12.5. The number of aromatic amines is 3. The quantitative estimate of drug-likeness (QED) is 0.0507. The lowest BCUT2D eigenvalue weighted by molar-refractivity contribution is 0.0856. The van der Waals surface area contributed by atoms with Crippen molar-refractivity contribution < 1.29 is 63.1 Å². The predicted octanol–water partition coefficient (Wildman–Crippen LogP) is 9.84. The molecule has 26 heteroatoms. The number of fused-ring (bicyclic) bond motifs is 3. The smallest absolute Gasteiger partial charge is 0.327 e. The Hall–Kier alpha value is -8.82. The van der Waals surface area contributed by atoms with Gasteiger partial charge in [-0.1, -0.05) is 67.3 Å². The number of aromatic nitrogens is 6. The van der Waals surface area contributed by atoms with Gasteiger partial charge in [-0.3, -0.25) is 13.7 Å². The van der Waals surface area contributed by atoms with E-state index in [0.717, 1.165) is 58.9 Å². The number of imidazole rings is 3. The molecule has 3 N–H and O–H groups in total. The van der Waals surface area contributed by atoms with Gasteiger partial charge in [0.25, 0.3) is 0 Å². The summed E-state index contributed by atoms with van der Waals surface area (Å²) in [4.78, 5) is 48.3. The molecule has 0 unspecified atom stereocenters. The van der Waals surface area contributed by atoms with Crippen LogP contribution in [0.4, 0.5) is 0 Å². The lowest BCUT2D eigenvalue weighted by atomic mass is 9.91. The number of rotatable bonds is 24. The van der Waals surface area contributed by atoms with Gasteiger partial charge < -0.3 is 52.8 Å². The molecule has 0 amide bonds. The molecule has 11 rings (SSSR count). The van der Waals surface area contributed by atoms with Gasteiger partial charge in [-0.2, -0.15) is 0 Å². The van der Waals surface area contributed by atoms with E-state index < -0.39 is 47.6 Å². The maximum atomic E-state index is 13.2. The third kappa shape index (κ3) is 16.7. The van der Waals surface area contributed by atoms with Crippen LogP contribution in [-0.4, -0.2) is 158 Å². The molecule has 2 aliphatic heterocycles. The Morgan fingerprint density at radius 3 is 1.31 bits per heavy atom. The molecule has 2 aliphatic rings. The highest BCUT2D eigenvalue weighted by Crippen LogP contribution is 2.39. The average molecular weight is 1380 g/mol. The van der Waals surface area contributed by atoms with Crippen molar-refractivity contribution in [2.24, 2.45) is 0 Å². The van der Waals surface area contributed by atoms with Gasteiger partial charge in [0, 0.05) is 43.1 Å². The van der Waals surface area contributed by atoms with E-state index in [4.69, 9.17) is 37.9 Å². The van der Waals surface area contributed by atoms with Crippen molar-refractivity contribution in [1.82, 2.24) is 28.7 Å². The molecule has 9 aromatic rings. The standard InChI is InChI=1S/C24H30N2O6S.C24H28N2O6S.C22H26N2O5S/c2*1-4-32-22-14-17(8-9-21(22)30-2)20(15-33(3,28)29)26-19-7-5-6-18(23(19)25-24(26)27)16-10-12-31-13-11-16;1-6-29-20-12-15(10-11-19(20)28-4)18(13-30(5,26)27)24-17-9-7-8-16(14(2)3)21(17)23-22(24)25/h5-9,14,16,20H,4,10-13,15H2,1-3H3,(H,25,27);5-10,14,20H,4,11-13,15H2,1-3H3,(H,25,27);7-12,18H,2,6,13H2,1,3-5H3,(H,23,25)/t2*20-;18-/m111/s1. The molecule has 0 saturated carbocycles. The zero-order valence-corrected chi connectivity index (χ0v) is 58.1. The second kappa shape index (κ2) is 30.9. The molecule has 3 atom stereocenters. The zero-order chi connectivity index (χ0) is 69.2. The van der Waals surface area contributed by atoms with Crippen molar-refractivity contribution in [3.63, 3.8) is 0 Å². The van der Waals surface area contributed by atoms with Gasteiger partial charge >= 0.3 is 17.1 Å². The van der Waals surface area contributed by atoms with E-state index in [1.165, 1.54) is 28.8 Å². The molecular formula is C70H84N6O17S3. The Bertz CT molecular complexity index is 4860. The number of methoxy groups -OCH3 is 3. The number of nitrogens with one attached hydrogen (secondary N) is 3. The van der Waals surface area contributed by atoms with E-state index in [1.807, 2.05) is 82.3 Å². The fraction of sp³-hybridized carbons (Fsp3) is 0.386. The first-order valence-electron chi connectivity index (χ1n) is 31.5. The number of nitrogens with zero attached hydrogens (tertiary/aromatic N) is 3. The lowest BCUT2D eigenvalue weighted by Crippen LogP contribution is -2.28. The Labute approximate surface area is 558 Å². The van der Waals surface area contributed by atoms with Gasteiger partial charge in [-0.05, 0) is 141 Å². The van der Waals surface area contributed by atoms with Crippen LogP contribution in [0.3, 0.4) is 0 Å². The van der Waals surface area contributed by atoms with Gasteiger partial charge in [0.2, 0.25) is 0 Å². The summed E-state index contributed by atoms with van der Waals surface area (Å²) in [6.07, 6.45) is 8.04. The van der Waals surface area contributed by atoms with Crippen molar-refractivity contribution in [2.45, 2.75) is 71.0 Å². The number of ether oxygens (including phenoxy) is 8. The molecule has 0 bridgehead atoms. The first-order valence-corrected chi connectivity index (χ1v) is 37.6. The number of hydrogen-bond donors (Lipinski definition) is 3.